The van der Waals surface area contributed by atoms with Gasteiger partial charge in [-0.2, -0.15) is 0 Å². The second kappa shape index (κ2) is 7.56. The SMILES string of the molecule is CC(C)(C)C.CC(C)(C)C.c1ccoc1. The third-order valence-corrected chi connectivity index (χ3v) is 0.425. The molecule has 1 aromatic heterocycles. The maximum Gasteiger partial charge on any atom is 0.0902 e. The summed E-state index contributed by atoms with van der Waals surface area (Å²) in [5.74, 6) is 0. The van der Waals surface area contributed by atoms with Gasteiger partial charge in [0.05, 0.1) is 12.5 Å². The molecule has 0 atom stereocenters. The Kier molecular flexibility index (Phi) is 8.41. The predicted molar refractivity (Wildman–Crippen MR) is 69.0 cm³/mol. The minimum atomic E-state index is 0.500. The molecular formula is C14H28O. The highest BCUT2D eigenvalue weighted by Gasteiger charge is 1.96. The largest absolute Gasteiger partial charge is 0.473 e. The number of rotatable bonds is 0. The van der Waals surface area contributed by atoms with Gasteiger partial charge in [0.15, 0.2) is 0 Å². The Labute approximate surface area is 95.9 Å². The van der Waals surface area contributed by atoms with E-state index in [0.717, 1.165) is 0 Å². The first kappa shape index (κ1) is 16.7. The summed E-state index contributed by atoms with van der Waals surface area (Å²) in [5, 5.41) is 0. The highest BCUT2D eigenvalue weighted by molar-refractivity contribution is 4.79. The third-order valence-electron chi connectivity index (χ3n) is 0.425. The minimum absolute atomic E-state index is 0.500. The van der Waals surface area contributed by atoms with Crippen LogP contribution in [0.15, 0.2) is 29.1 Å². The van der Waals surface area contributed by atoms with Crippen LogP contribution in [0.5, 0.6) is 0 Å². The second-order valence-electron chi connectivity index (χ2n) is 6.79. The number of furan rings is 1. The lowest BCUT2D eigenvalue weighted by atomic mass is 10.0. The predicted octanol–water partition coefficient (Wildman–Crippen LogP) is 5.38. The number of hydrogen-bond acceptors (Lipinski definition) is 1. The summed E-state index contributed by atoms with van der Waals surface area (Å²) < 4.78 is 4.58. The molecule has 90 valence electrons. The monoisotopic (exact) mass is 212 g/mol. The molecular weight excluding hydrogens is 184 g/mol. The summed E-state index contributed by atoms with van der Waals surface area (Å²) in [4.78, 5) is 0. The molecule has 15 heavy (non-hydrogen) atoms. The van der Waals surface area contributed by atoms with Gasteiger partial charge in [-0.05, 0) is 23.0 Å². The van der Waals surface area contributed by atoms with Gasteiger partial charge >= 0.3 is 0 Å². The van der Waals surface area contributed by atoms with Crippen LogP contribution in [-0.2, 0) is 0 Å². The molecule has 1 heteroatoms. The van der Waals surface area contributed by atoms with Crippen molar-refractivity contribution in [3.05, 3.63) is 24.7 Å². The van der Waals surface area contributed by atoms with Crippen LogP contribution in [-0.4, -0.2) is 0 Å². The van der Waals surface area contributed by atoms with Crippen LogP contribution >= 0.6 is 0 Å². The van der Waals surface area contributed by atoms with E-state index in [0.29, 0.717) is 10.8 Å². The minimum Gasteiger partial charge on any atom is -0.473 e. The maximum atomic E-state index is 4.58. The van der Waals surface area contributed by atoms with Crippen molar-refractivity contribution in [3.63, 3.8) is 0 Å². The van der Waals surface area contributed by atoms with E-state index in [1.54, 1.807) is 12.5 Å². The van der Waals surface area contributed by atoms with E-state index in [-0.39, 0.29) is 0 Å². The first-order valence-electron chi connectivity index (χ1n) is 5.47. The molecule has 0 unspecified atom stereocenters. The molecule has 0 aliphatic heterocycles. The molecule has 0 spiro atoms. The van der Waals surface area contributed by atoms with E-state index in [1.165, 1.54) is 0 Å². The fourth-order valence-electron chi connectivity index (χ4n) is 0.227. The summed E-state index contributed by atoms with van der Waals surface area (Å²) in [6.07, 6.45) is 3.25. The molecule has 0 aliphatic carbocycles. The average molecular weight is 212 g/mol. The third kappa shape index (κ3) is 92.2. The van der Waals surface area contributed by atoms with Crippen molar-refractivity contribution in [1.82, 2.24) is 0 Å². The van der Waals surface area contributed by atoms with E-state index in [2.05, 4.69) is 59.8 Å². The zero-order valence-electron chi connectivity index (χ0n) is 11.7. The Balaban J connectivity index is 0. The van der Waals surface area contributed by atoms with Gasteiger partial charge in [0.1, 0.15) is 0 Å². The van der Waals surface area contributed by atoms with Crippen molar-refractivity contribution in [2.45, 2.75) is 55.4 Å². The lowest BCUT2D eigenvalue weighted by Gasteiger charge is -2.05. The van der Waals surface area contributed by atoms with Gasteiger partial charge in [0.2, 0.25) is 0 Å². The molecule has 0 aliphatic rings. The van der Waals surface area contributed by atoms with E-state index < -0.39 is 0 Å². The molecule has 0 bridgehead atoms. The topological polar surface area (TPSA) is 13.1 Å². The van der Waals surface area contributed by atoms with Crippen LogP contribution < -0.4 is 0 Å². The van der Waals surface area contributed by atoms with Gasteiger partial charge in [-0.3, -0.25) is 0 Å². The summed E-state index contributed by atoms with van der Waals surface area (Å²) in [6.45, 7) is 17.5. The standard InChI is InChI=1S/2C5H12.C4H4O/c2*1-5(2,3)4;1-2-4-5-3-1/h2*1-4H3;1-4H. The Morgan fingerprint density at radius 3 is 0.867 bits per heavy atom. The molecule has 0 radical (unpaired) electrons. The molecule has 1 rings (SSSR count). The lowest BCUT2D eigenvalue weighted by molar-refractivity contribution is 0.469. The van der Waals surface area contributed by atoms with Gasteiger partial charge in [-0.15, -0.1) is 0 Å². The number of hydrogen-bond donors (Lipinski definition) is 0. The van der Waals surface area contributed by atoms with Gasteiger partial charge in [0.25, 0.3) is 0 Å². The average Bonchev–Trinajstić information content (AvgIpc) is 2.28. The summed E-state index contributed by atoms with van der Waals surface area (Å²) in [5.41, 5.74) is 1.00. The first-order chi connectivity index (χ1) is 6.50. The smallest absolute Gasteiger partial charge is 0.0902 e. The Hall–Kier alpha value is -0.720. The molecule has 0 saturated carbocycles. The molecule has 0 N–H and O–H groups in total. The summed E-state index contributed by atoms with van der Waals surface area (Å²) >= 11 is 0. The van der Waals surface area contributed by atoms with Crippen molar-refractivity contribution in [2.24, 2.45) is 10.8 Å². The Morgan fingerprint density at radius 2 is 0.800 bits per heavy atom. The molecule has 0 fully saturated rings. The van der Waals surface area contributed by atoms with Crippen molar-refractivity contribution >= 4 is 0 Å². The fourth-order valence-corrected chi connectivity index (χ4v) is 0.227. The van der Waals surface area contributed by atoms with Gasteiger partial charge < -0.3 is 4.42 Å². The van der Waals surface area contributed by atoms with Crippen molar-refractivity contribution in [3.8, 4) is 0 Å². The highest BCUT2D eigenvalue weighted by Crippen LogP contribution is 2.08. The molecule has 1 aromatic rings. The van der Waals surface area contributed by atoms with Crippen molar-refractivity contribution in [2.75, 3.05) is 0 Å². The van der Waals surface area contributed by atoms with E-state index >= 15 is 0 Å². The molecule has 0 saturated heterocycles. The maximum absolute atomic E-state index is 4.58. The molecule has 0 aromatic carbocycles. The fraction of sp³-hybridized carbons (Fsp3) is 0.714. The van der Waals surface area contributed by atoms with Crippen molar-refractivity contribution < 1.29 is 4.42 Å². The first-order valence-corrected chi connectivity index (χ1v) is 5.47. The van der Waals surface area contributed by atoms with E-state index in [9.17, 15) is 0 Å². The van der Waals surface area contributed by atoms with Crippen LogP contribution in [0.2, 0.25) is 0 Å². The highest BCUT2D eigenvalue weighted by atomic mass is 16.3. The van der Waals surface area contributed by atoms with Crippen LogP contribution in [0.1, 0.15) is 55.4 Å². The quantitative estimate of drug-likeness (QED) is 0.562. The van der Waals surface area contributed by atoms with Crippen LogP contribution in [0.3, 0.4) is 0 Å². The van der Waals surface area contributed by atoms with E-state index in [4.69, 9.17) is 0 Å². The zero-order valence-corrected chi connectivity index (χ0v) is 11.7. The van der Waals surface area contributed by atoms with Crippen LogP contribution in [0, 0.1) is 10.8 Å². The molecule has 1 nitrogen and oxygen atoms in total. The van der Waals surface area contributed by atoms with Crippen LogP contribution in [0.4, 0.5) is 0 Å². The summed E-state index contributed by atoms with van der Waals surface area (Å²) in [7, 11) is 0. The lowest BCUT2D eigenvalue weighted by Crippen LogP contribution is -1.93. The summed E-state index contributed by atoms with van der Waals surface area (Å²) in [6, 6.07) is 3.67. The van der Waals surface area contributed by atoms with Crippen molar-refractivity contribution in [1.29, 1.82) is 0 Å². The van der Waals surface area contributed by atoms with Gasteiger partial charge in [-0.25, -0.2) is 0 Å². The zero-order chi connectivity index (χ0) is 12.5. The van der Waals surface area contributed by atoms with Gasteiger partial charge in [0, 0.05) is 0 Å². The van der Waals surface area contributed by atoms with Crippen LogP contribution in [0.25, 0.3) is 0 Å². The second-order valence-corrected chi connectivity index (χ2v) is 6.79. The molecule has 1 heterocycles. The normalized spacial score (nSPS) is 10.7. The van der Waals surface area contributed by atoms with E-state index in [1.807, 2.05) is 12.1 Å². The Bertz CT molecular complexity index is 155. The van der Waals surface area contributed by atoms with Gasteiger partial charge in [-0.1, -0.05) is 55.4 Å². The molecule has 0 amide bonds. The Morgan fingerprint density at radius 1 is 0.600 bits per heavy atom.